The Labute approximate surface area is 342 Å². The number of rotatable bonds is 8. The van der Waals surface area contributed by atoms with Crippen molar-refractivity contribution in [3.05, 3.63) is 236 Å². The molecule has 0 aliphatic heterocycles. The monoisotopic (exact) mass is 741 g/mol. The maximum Gasteiger partial charge on any atom is 0.0462 e. The van der Waals surface area contributed by atoms with Gasteiger partial charge in [0.25, 0.3) is 0 Å². The van der Waals surface area contributed by atoms with Crippen molar-refractivity contribution in [2.24, 2.45) is 0 Å². The average molecular weight is 742 g/mol. The molecule has 276 valence electrons. The molecule has 58 heavy (non-hydrogen) atoms. The molecule has 9 aromatic rings. The summed E-state index contributed by atoms with van der Waals surface area (Å²) in [4.78, 5) is 2.34. The number of anilines is 3. The zero-order valence-corrected chi connectivity index (χ0v) is 32.8. The highest BCUT2D eigenvalue weighted by Gasteiger charge is 2.35. The van der Waals surface area contributed by atoms with Gasteiger partial charge in [0.05, 0.1) is 0 Å². The van der Waals surface area contributed by atoms with Gasteiger partial charge in [-0.15, -0.1) is 0 Å². The van der Waals surface area contributed by atoms with Crippen molar-refractivity contribution in [2.45, 2.75) is 19.3 Å². The molecular weight excluding hydrogens is 699 g/mol. The van der Waals surface area contributed by atoms with E-state index in [0.717, 1.165) is 17.1 Å². The van der Waals surface area contributed by atoms with E-state index in [1.165, 1.54) is 77.9 Å². The van der Waals surface area contributed by atoms with E-state index < -0.39 is 0 Å². The molecule has 0 fully saturated rings. The molecular formula is C57H43N. The minimum absolute atomic E-state index is 0.0404. The van der Waals surface area contributed by atoms with E-state index in [2.05, 4.69) is 243 Å². The van der Waals surface area contributed by atoms with Crippen LogP contribution >= 0.6 is 0 Å². The summed E-state index contributed by atoms with van der Waals surface area (Å²) in [7, 11) is 0. The van der Waals surface area contributed by atoms with Gasteiger partial charge in [0, 0.05) is 22.5 Å². The lowest BCUT2D eigenvalue weighted by Crippen LogP contribution is -2.14. The van der Waals surface area contributed by atoms with Crippen LogP contribution < -0.4 is 4.90 Å². The van der Waals surface area contributed by atoms with Gasteiger partial charge in [-0.2, -0.15) is 0 Å². The highest BCUT2D eigenvalue weighted by molar-refractivity contribution is 5.88. The summed E-state index contributed by atoms with van der Waals surface area (Å²) >= 11 is 0. The van der Waals surface area contributed by atoms with E-state index in [1.54, 1.807) is 0 Å². The molecule has 0 N–H and O–H groups in total. The molecule has 0 amide bonds. The minimum Gasteiger partial charge on any atom is -0.311 e. The van der Waals surface area contributed by atoms with Crippen LogP contribution in [0.15, 0.2) is 224 Å². The van der Waals surface area contributed by atoms with Gasteiger partial charge in [0.15, 0.2) is 0 Å². The summed E-state index contributed by atoms with van der Waals surface area (Å²) in [6, 6.07) is 81.6. The van der Waals surface area contributed by atoms with Crippen LogP contribution in [-0.2, 0) is 5.41 Å². The average Bonchev–Trinajstić information content (AvgIpc) is 3.52. The van der Waals surface area contributed by atoms with Crippen molar-refractivity contribution in [2.75, 3.05) is 4.90 Å². The van der Waals surface area contributed by atoms with Crippen LogP contribution in [0.3, 0.4) is 0 Å². The Bertz CT molecular complexity index is 2750. The molecule has 1 nitrogen and oxygen atoms in total. The first-order chi connectivity index (χ1) is 28.5. The number of benzene rings is 9. The van der Waals surface area contributed by atoms with Gasteiger partial charge in [-0.1, -0.05) is 190 Å². The first-order valence-electron chi connectivity index (χ1n) is 20.2. The molecule has 0 heterocycles. The molecule has 0 unspecified atom stereocenters. The number of hydrogen-bond donors (Lipinski definition) is 0. The Kier molecular flexibility index (Phi) is 8.92. The lowest BCUT2D eigenvalue weighted by molar-refractivity contribution is 0.660. The van der Waals surface area contributed by atoms with E-state index >= 15 is 0 Å². The molecule has 0 atom stereocenters. The third-order valence-corrected chi connectivity index (χ3v) is 11.9. The SMILES string of the molecule is CC1(C)c2ccc(-c3ccccc3)cc2-c2cc(-c3ccc(-c4ccc(N(c5ccc(-c6ccccc6)cc5)c5ccc(-c6ccccc6)cc5)cc4)cc3)ccc21. The molecule has 0 radical (unpaired) electrons. The second-order valence-electron chi connectivity index (χ2n) is 15.8. The van der Waals surface area contributed by atoms with Gasteiger partial charge in [-0.25, -0.2) is 0 Å². The van der Waals surface area contributed by atoms with Crippen LogP contribution in [0.5, 0.6) is 0 Å². The molecule has 1 aliphatic rings. The first-order valence-corrected chi connectivity index (χ1v) is 20.2. The predicted octanol–water partition coefficient (Wildman–Crippen LogP) is 15.8. The highest BCUT2D eigenvalue weighted by atomic mass is 15.1. The van der Waals surface area contributed by atoms with E-state index in [1.807, 2.05) is 0 Å². The second-order valence-corrected chi connectivity index (χ2v) is 15.8. The van der Waals surface area contributed by atoms with Crippen LogP contribution in [0.4, 0.5) is 17.1 Å². The quantitative estimate of drug-likeness (QED) is 0.150. The van der Waals surface area contributed by atoms with Crippen LogP contribution in [0.2, 0.25) is 0 Å². The van der Waals surface area contributed by atoms with Gasteiger partial charge in [0.2, 0.25) is 0 Å². The lowest BCUT2D eigenvalue weighted by atomic mass is 9.82. The topological polar surface area (TPSA) is 3.24 Å². The standard InChI is InChI=1S/C57H43N/c1-57(2)55-36-28-48(42-16-10-5-11-17-42)38-53(55)54-39-49(29-37-56(54)57)47-20-18-43(19-21-47)46-26-34-52(35-27-46)58(50-30-22-44(23-31-50)40-12-6-3-7-13-40)51-32-24-45(25-33-51)41-14-8-4-9-15-41/h3-39H,1-2H3. The largest absolute Gasteiger partial charge is 0.311 e. The van der Waals surface area contributed by atoms with Crippen molar-refractivity contribution >= 4 is 17.1 Å². The second kappa shape index (κ2) is 14.7. The molecule has 0 aromatic heterocycles. The molecule has 1 heteroatoms. The zero-order valence-electron chi connectivity index (χ0n) is 32.8. The first kappa shape index (κ1) is 35.2. The van der Waals surface area contributed by atoms with E-state index in [0.29, 0.717) is 0 Å². The normalized spacial score (nSPS) is 12.4. The fraction of sp³-hybridized carbons (Fsp3) is 0.0526. The van der Waals surface area contributed by atoms with Gasteiger partial charge in [0.1, 0.15) is 0 Å². The van der Waals surface area contributed by atoms with Crippen LogP contribution in [0.25, 0.3) is 66.8 Å². The van der Waals surface area contributed by atoms with E-state index in [4.69, 9.17) is 0 Å². The Morgan fingerprint density at radius 3 is 0.828 bits per heavy atom. The molecule has 0 spiro atoms. The van der Waals surface area contributed by atoms with Crippen LogP contribution in [-0.4, -0.2) is 0 Å². The molecule has 1 aliphatic carbocycles. The summed E-state index contributed by atoms with van der Waals surface area (Å²) in [6.07, 6.45) is 0. The molecule has 0 bridgehead atoms. The third-order valence-electron chi connectivity index (χ3n) is 11.9. The fourth-order valence-electron chi connectivity index (χ4n) is 8.73. The predicted molar refractivity (Wildman–Crippen MR) is 246 cm³/mol. The Morgan fingerprint density at radius 1 is 0.259 bits per heavy atom. The van der Waals surface area contributed by atoms with Gasteiger partial charge in [-0.3, -0.25) is 0 Å². The molecule has 10 rings (SSSR count). The van der Waals surface area contributed by atoms with Crippen LogP contribution in [0.1, 0.15) is 25.0 Å². The molecule has 0 saturated heterocycles. The van der Waals surface area contributed by atoms with Gasteiger partial charge in [-0.05, 0) is 126 Å². The van der Waals surface area contributed by atoms with Crippen LogP contribution in [0, 0.1) is 0 Å². The summed E-state index contributed by atoms with van der Waals surface area (Å²) < 4.78 is 0. The zero-order chi connectivity index (χ0) is 39.1. The molecule has 9 aromatic carbocycles. The van der Waals surface area contributed by atoms with Crippen molar-refractivity contribution in [3.63, 3.8) is 0 Å². The maximum absolute atomic E-state index is 2.40. The van der Waals surface area contributed by atoms with E-state index in [-0.39, 0.29) is 5.41 Å². The van der Waals surface area contributed by atoms with Crippen molar-refractivity contribution in [1.82, 2.24) is 0 Å². The smallest absolute Gasteiger partial charge is 0.0462 e. The number of fused-ring (bicyclic) bond motifs is 3. The summed E-state index contributed by atoms with van der Waals surface area (Å²) in [5, 5.41) is 0. The Hall–Kier alpha value is -7.22. The summed E-state index contributed by atoms with van der Waals surface area (Å²) in [5.74, 6) is 0. The van der Waals surface area contributed by atoms with Crippen molar-refractivity contribution in [1.29, 1.82) is 0 Å². The molecule has 0 saturated carbocycles. The number of nitrogens with zero attached hydrogens (tertiary/aromatic N) is 1. The summed E-state index contributed by atoms with van der Waals surface area (Å²) in [5.41, 5.74) is 20.9. The van der Waals surface area contributed by atoms with Crippen molar-refractivity contribution < 1.29 is 0 Å². The maximum atomic E-state index is 2.40. The Balaban J connectivity index is 0.944. The minimum atomic E-state index is -0.0404. The Morgan fingerprint density at radius 2 is 0.500 bits per heavy atom. The van der Waals surface area contributed by atoms with E-state index in [9.17, 15) is 0 Å². The fourth-order valence-corrected chi connectivity index (χ4v) is 8.73. The van der Waals surface area contributed by atoms with Crippen molar-refractivity contribution in [3.8, 4) is 66.8 Å². The van der Waals surface area contributed by atoms with Gasteiger partial charge < -0.3 is 4.90 Å². The van der Waals surface area contributed by atoms with Gasteiger partial charge >= 0.3 is 0 Å². The lowest BCUT2D eigenvalue weighted by Gasteiger charge is -2.26. The number of hydrogen-bond acceptors (Lipinski definition) is 1. The third kappa shape index (κ3) is 6.51. The summed E-state index contributed by atoms with van der Waals surface area (Å²) in [6.45, 7) is 4.70. The highest BCUT2D eigenvalue weighted by Crippen LogP contribution is 2.50.